The van der Waals surface area contributed by atoms with E-state index in [1.165, 1.54) is 10.4 Å². The second-order valence-electron chi connectivity index (χ2n) is 7.62. The van der Waals surface area contributed by atoms with Gasteiger partial charge in [0.1, 0.15) is 11.6 Å². The number of aryl methyl sites for hydroxylation is 1. The van der Waals surface area contributed by atoms with Gasteiger partial charge in [0.05, 0.1) is 18.0 Å². The van der Waals surface area contributed by atoms with Crippen LogP contribution in [0.1, 0.15) is 29.8 Å². The number of benzene rings is 2. The molecule has 7 heteroatoms. The first kappa shape index (κ1) is 19.8. The molecule has 1 aromatic heterocycles. The molecule has 5 nitrogen and oxygen atoms in total. The van der Waals surface area contributed by atoms with Gasteiger partial charge in [-0.1, -0.05) is 35.9 Å². The molecule has 0 spiro atoms. The summed E-state index contributed by atoms with van der Waals surface area (Å²) in [6.45, 7) is 2.87. The highest BCUT2D eigenvalue weighted by molar-refractivity contribution is 7.89. The number of hydrogen-bond donors (Lipinski definition) is 0. The Hall–Kier alpha value is -2.51. The summed E-state index contributed by atoms with van der Waals surface area (Å²) in [5.41, 5.74) is 1.56. The maximum Gasteiger partial charge on any atom is 0.243 e. The third-order valence-electron chi connectivity index (χ3n) is 5.24. The van der Waals surface area contributed by atoms with Crippen LogP contribution in [0.3, 0.4) is 0 Å². The summed E-state index contributed by atoms with van der Waals surface area (Å²) in [6, 6.07) is 13.5. The number of halogens is 1. The molecule has 29 heavy (non-hydrogen) atoms. The Morgan fingerprint density at radius 1 is 1.14 bits per heavy atom. The van der Waals surface area contributed by atoms with Crippen LogP contribution in [0, 0.1) is 18.7 Å². The third-order valence-corrected chi connectivity index (χ3v) is 7.06. The average Bonchev–Trinajstić information content (AvgIpc) is 3.42. The number of aromatic nitrogens is 2. The summed E-state index contributed by atoms with van der Waals surface area (Å²) in [5.74, 6) is 0.712. The zero-order chi connectivity index (χ0) is 20.4. The smallest absolute Gasteiger partial charge is 0.243 e. The molecule has 152 valence electrons. The van der Waals surface area contributed by atoms with Gasteiger partial charge in [0.2, 0.25) is 10.0 Å². The molecular weight excluding hydrogens is 389 g/mol. The molecule has 0 saturated heterocycles. The van der Waals surface area contributed by atoms with Crippen molar-refractivity contribution in [1.82, 2.24) is 13.9 Å². The molecule has 1 aliphatic rings. The molecule has 0 aliphatic heterocycles. The number of sulfonamides is 1. The Morgan fingerprint density at radius 3 is 2.55 bits per heavy atom. The summed E-state index contributed by atoms with van der Waals surface area (Å²) in [4.78, 5) is 4.65. The topological polar surface area (TPSA) is 55.2 Å². The van der Waals surface area contributed by atoms with Crippen molar-refractivity contribution in [3.05, 3.63) is 83.7 Å². The van der Waals surface area contributed by atoms with Gasteiger partial charge in [-0.05, 0) is 43.9 Å². The molecule has 0 bridgehead atoms. The lowest BCUT2D eigenvalue weighted by Gasteiger charge is -2.22. The van der Waals surface area contributed by atoms with Gasteiger partial charge in [-0.25, -0.2) is 17.8 Å². The van der Waals surface area contributed by atoms with Crippen molar-refractivity contribution < 1.29 is 12.8 Å². The first-order chi connectivity index (χ1) is 13.9. The fourth-order valence-electron chi connectivity index (χ4n) is 3.30. The van der Waals surface area contributed by atoms with E-state index in [2.05, 4.69) is 4.98 Å². The van der Waals surface area contributed by atoms with Crippen molar-refractivity contribution in [3.63, 3.8) is 0 Å². The molecule has 0 radical (unpaired) electrons. The fraction of sp³-hybridized carbons (Fsp3) is 0.318. The fourth-order valence-corrected chi connectivity index (χ4v) is 4.77. The lowest BCUT2D eigenvalue weighted by atomic mass is 10.2. The van der Waals surface area contributed by atoms with E-state index < -0.39 is 10.0 Å². The minimum absolute atomic E-state index is 0.161. The standard InChI is InChI=1S/C22H24FN3O2S/c1-17-6-10-20(11-7-17)29(27,28)26(14-18-8-9-18)16-22-24-12-13-25(22)15-19-4-2-3-5-21(19)23/h2-7,10-13,18H,8-9,14-16H2,1H3. The Balaban J connectivity index is 1.60. The molecule has 1 fully saturated rings. The SMILES string of the molecule is Cc1ccc(S(=O)(=O)N(Cc2nccn2Cc2ccccc2F)CC2CC2)cc1. The zero-order valence-electron chi connectivity index (χ0n) is 16.3. The van der Waals surface area contributed by atoms with Crippen LogP contribution >= 0.6 is 0 Å². The van der Waals surface area contributed by atoms with Gasteiger partial charge in [-0.3, -0.25) is 0 Å². The molecular formula is C22H24FN3O2S. The highest BCUT2D eigenvalue weighted by Gasteiger charge is 2.32. The van der Waals surface area contributed by atoms with Gasteiger partial charge in [-0.15, -0.1) is 0 Å². The van der Waals surface area contributed by atoms with Crippen LogP contribution in [0.4, 0.5) is 4.39 Å². The largest absolute Gasteiger partial charge is 0.329 e. The molecule has 0 unspecified atom stereocenters. The van der Waals surface area contributed by atoms with Gasteiger partial charge in [0.25, 0.3) is 0 Å². The van der Waals surface area contributed by atoms with Crippen LogP contribution in [-0.2, 0) is 23.1 Å². The molecule has 1 aliphatic carbocycles. The molecule has 0 N–H and O–H groups in total. The monoisotopic (exact) mass is 413 g/mol. The summed E-state index contributed by atoms with van der Waals surface area (Å²) >= 11 is 0. The van der Waals surface area contributed by atoms with Crippen LogP contribution in [0.25, 0.3) is 0 Å². The van der Waals surface area contributed by atoms with Gasteiger partial charge in [-0.2, -0.15) is 4.31 Å². The normalized spacial score (nSPS) is 14.4. The van der Waals surface area contributed by atoms with Crippen molar-refractivity contribution >= 4 is 10.0 Å². The van der Waals surface area contributed by atoms with Gasteiger partial charge >= 0.3 is 0 Å². The second-order valence-corrected chi connectivity index (χ2v) is 9.55. The highest BCUT2D eigenvalue weighted by atomic mass is 32.2. The lowest BCUT2D eigenvalue weighted by molar-refractivity contribution is 0.377. The Labute approximate surface area is 170 Å². The van der Waals surface area contributed by atoms with Crippen LogP contribution in [0.2, 0.25) is 0 Å². The average molecular weight is 414 g/mol. The van der Waals surface area contributed by atoms with E-state index in [1.807, 2.05) is 11.5 Å². The zero-order valence-corrected chi connectivity index (χ0v) is 17.1. The van der Waals surface area contributed by atoms with E-state index in [9.17, 15) is 12.8 Å². The van der Waals surface area contributed by atoms with Crippen LogP contribution < -0.4 is 0 Å². The first-order valence-electron chi connectivity index (χ1n) is 9.74. The van der Waals surface area contributed by atoms with E-state index >= 15 is 0 Å². The Bertz CT molecular complexity index is 1090. The number of hydrogen-bond acceptors (Lipinski definition) is 3. The summed E-state index contributed by atoms with van der Waals surface area (Å²) in [5, 5.41) is 0. The first-order valence-corrected chi connectivity index (χ1v) is 11.2. The van der Waals surface area contributed by atoms with Crippen LogP contribution in [0.5, 0.6) is 0 Å². The quantitative estimate of drug-likeness (QED) is 0.561. The molecule has 1 heterocycles. The molecule has 2 aromatic carbocycles. The predicted molar refractivity (Wildman–Crippen MR) is 109 cm³/mol. The minimum atomic E-state index is -3.64. The van der Waals surface area contributed by atoms with Gasteiger partial charge in [0.15, 0.2) is 0 Å². The van der Waals surface area contributed by atoms with E-state index in [1.54, 1.807) is 54.9 Å². The summed E-state index contributed by atoms with van der Waals surface area (Å²) in [6.07, 6.45) is 5.48. The van der Waals surface area contributed by atoms with E-state index in [4.69, 9.17) is 0 Å². The van der Waals surface area contributed by atoms with Gasteiger partial charge in [0, 0.05) is 24.5 Å². The number of rotatable bonds is 8. The number of nitrogens with zero attached hydrogens (tertiary/aromatic N) is 3. The summed E-state index contributed by atoms with van der Waals surface area (Å²) < 4.78 is 43.9. The van der Waals surface area contributed by atoms with E-state index in [0.29, 0.717) is 30.4 Å². The highest BCUT2D eigenvalue weighted by Crippen LogP contribution is 2.32. The van der Waals surface area contributed by atoms with Crippen molar-refractivity contribution in [3.8, 4) is 0 Å². The number of imidazole rings is 1. The molecule has 3 aromatic rings. The predicted octanol–water partition coefficient (Wildman–Crippen LogP) is 3.98. The van der Waals surface area contributed by atoms with Crippen molar-refractivity contribution in [2.45, 2.75) is 37.8 Å². The van der Waals surface area contributed by atoms with Crippen molar-refractivity contribution in [1.29, 1.82) is 0 Å². The lowest BCUT2D eigenvalue weighted by Crippen LogP contribution is -2.33. The van der Waals surface area contributed by atoms with E-state index in [-0.39, 0.29) is 17.3 Å². The van der Waals surface area contributed by atoms with Gasteiger partial charge < -0.3 is 4.57 Å². The minimum Gasteiger partial charge on any atom is -0.329 e. The molecule has 0 atom stereocenters. The maximum absolute atomic E-state index is 14.1. The molecule has 0 amide bonds. The Kier molecular flexibility index (Phi) is 5.52. The van der Waals surface area contributed by atoms with Crippen LogP contribution in [-0.4, -0.2) is 28.8 Å². The maximum atomic E-state index is 14.1. The summed E-state index contributed by atoms with van der Waals surface area (Å²) in [7, 11) is -3.64. The Morgan fingerprint density at radius 2 is 1.86 bits per heavy atom. The van der Waals surface area contributed by atoms with E-state index in [0.717, 1.165) is 18.4 Å². The van der Waals surface area contributed by atoms with Crippen LogP contribution in [0.15, 0.2) is 65.8 Å². The molecule has 4 rings (SSSR count). The molecule has 1 saturated carbocycles. The third kappa shape index (κ3) is 4.57. The second kappa shape index (κ2) is 8.08. The van der Waals surface area contributed by atoms with Crippen molar-refractivity contribution in [2.24, 2.45) is 5.92 Å². The van der Waals surface area contributed by atoms with Crippen molar-refractivity contribution in [2.75, 3.05) is 6.54 Å².